The van der Waals surface area contributed by atoms with E-state index in [-0.39, 0.29) is 17.5 Å². The van der Waals surface area contributed by atoms with Crippen LogP contribution in [0.5, 0.6) is 0 Å². The first-order valence-corrected chi connectivity index (χ1v) is 7.70. The lowest BCUT2D eigenvalue weighted by atomic mass is 10.4. The first kappa shape index (κ1) is 16.2. The van der Waals surface area contributed by atoms with E-state index in [2.05, 4.69) is 10.0 Å². The van der Waals surface area contributed by atoms with Crippen molar-refractivity contribution in [2.75, 3.05) is 20.2 Å². The zero-order valence-corrected chi connectivity index (χ0v) is 12.6. The van der Waals surface area contributed by atoms with Crippen molar-refractivity contribution in [2.45, 2.75) is 38.3 Å². The van der Waals surface area contributed by atoms with Gasteiger partial charge in [0.15, 0.2) is 0 Å². The molecule has 1 heterocycles. The average molecular weight is 290 g/mol. The molecule has 19 heavy (non-hydrogen) atoms. The van der Waals surface area contributed by atoms with Gasteiger partial charge in [-0.05, 0) is 27.8 Å². The quantitative estimate of drug-likeness (QED) is 0.698. The van der Waals surface area contributed by atoms with Crippen molar-refractivity contribution in [3.63, 3.8) is 0 Å². The highest BCUT2D eigenvalue weighted by molar-refractivity contribution is 7.89. The maximum Gasteiger partial charge on any atom is 0.244 e. The number of nitrogens with one attached hydrogen (secondary N) is 2. The third-order valence-corrected chi connectivity index (χ3v) is 3.98. The molecule has 0 unspecified atom stereocenters. The Balaban J connectivity index is 2.66. The summed E-state index contributed by atoms with van der Waals surface area (Å²) < 4.78 is 37.3. The Kier molecular flexibility index (Phi) is 5.99. The van der Waals surface area contributed by atoms with E-state index < -0.39 is 10.0 Å². The van der Waals surface area contributed by atoms with E-state index in [4.69, 9.17) is 9.15 Å². The molecule has 0 amide bonds. The summed E-state index contributed by atoms with van der Waals surface area (Å²) in [5.41, 5.74) is 0. The van der Waals surface area contributed by atoms with Gasteiger partial charge >= 0.3 is 0 Å². The van der Waals surface area contributed by atoms with Gasteiger partial charge in [-0.25, -0.2) is 13.1 Å². The molecule has 7 heteroatoms. The van der Waals surface area contributed by atoms with Gasteiger partial charge in [0.05, 0.1) is 19.3 Å². The van der Waals surface area contributed by atoms with Crippen LogP contribution < -0.4 is 10.0 Å². The lowest BCUT2D eigenvalue weighted by Gasteiger charge is -2.08. The van der Waals surface area contributed by atoms with Gasteiger partial charge in [0.2, 0.25) is 10.0 Å². The fourth-order valence-electron chi connectivity index (χ4n) is 1.60. The van der Waals surface area contributed by atoms with Gasteiger partial charge in [-0.2, -0.15) is 0 Å². The molecule has 0 saturated heterocycles. The van der Waals surface area contributed by atoms with Crippen LogP contribution in [0.25, 0.3) is 0 Å². The van der Waals surface area contributed by atoms with Crippen LogP contribution in [0.1, 0.15) is 25.4 Å². The van der Waals surface area contributed by atoms with E-state index in [1.165, 1.54) is 6.07 Å². The van der Waals surface area contributed by atoms with Crippen LogP contribution in [0.2, 0.25) is 0 Å². The summed E-state index contributed by atoms with van der Waals surface area (Å²) in [6.45, 7) is 6.52. The van der Waals surface area contributed by atoms with E-state index >= 15 is 0 Å². The Hall–Kier alpha value is -0.890. The molecular weight excluding hydrogens is 268 g/mol. The van der Waals surface area contributed by atoms with Crippen molar-refractivity contribution in [1.82, 2.24) is 10.0 Å². The molecule has 1 aromatic heterocycles. The summed E-state index contributed by atoms with van der Waals surface area (Å²) in [6, 6.07) is 1.54. The van der Waals surface area contributed by atoms with Crippen molar-refractivity contribution in [2.24, 2.45) is 0 Å². The van der Waals surface area contributed by atoms with Gasteiger partial charge < -0.3 is 14.5 Å². The van der Waals surface area contributed by atoms with Gasteiger partial charge in [-0.1, -0.05) is 0 Å². The molecule has 0 spiro atoms. The minimum absolute atomic E-state index is 0.0856. The van der Waals surface area contributed by atoms with E-state index in [1.807, 2.05) is 13.8 Å². The monoisotopic (exact) mass is 290 g/mol. The van der Waals surface area contributed by atoms with Gasteiger partial charge in [0.1, 0.15) is 16.4 Å². The SMILES string of the molecule is CNCc1cc(S(=O)(=O)NCCOC(C)C)c(C)o1. The maximum absolute atomic E-state index is 12.1. The Morgan fingerprint density at radius 1 is 1.42 bits per heavy atom. The zero-order valence-electron chi connectivity index (χ0n) is 11.8. The van der Waals surface area contributed by atoms with E-state index in [0.717, 1.165) is 0 Å². The van der Waals surface area contributed by atoms with Crippen molar-refractivity contribution < 1.29 is 17.6 Å². The van der Waals surface area contributed by atoms with Crippen molar-refractivity contribution in [3.8, 4) is 0 Å². The lowest BCUT2D eigenvalue weighted by Crippen LogP contribution is -2.28. The highest BCUT2D eigenvalue weighted by Crippen LogP contribution is 2.19. The predicted octanol–water partition coefficient (Wildman–Crippen LogP) is 1.01. The molecule has 2 N–H and O–H groups in total. The van der Waals surface area contributed by atoms with Crippen molar-refractivity contribution in [3.05, 3.63) is 17.6 Å². The van der Waals surface area contributed by atoms with Crippen LogP contribution in [0, 0.1) is 6.92 Å². The molecule has 0 aliphatic carbocycles. The predicted molar refractivity (Wildman–Crippen MR) is 72.5 cm³/mol. The van der Waals surface area contributed by atoms with Gasteiger partial charge in [0, 0.05) is 12.6 Å². The molecule has 1 rings (SSSR count). The average Bonchev–Trinajstić information content (AvgIpc) is 2.67. The fourth-order valence-corrected chi connectivity index (χ4v) is 2.82. The largest absolute Gasteiger partial charge is 0.464 e. The molecule has 0 saturated carbocycles. The highest BCUT2D eigenvalue weighted by Gasteiger charge is 2.20. The summed E-state index contributed by atoms with van der Waals surface area (Å²) >= 11 is 0. The number of hydrogen-bond acceptors (Lipinski definition) is 5. The number of rotatable bonds is 8. The van der Waals surface area contributed by atoms with Crippen LogP contribution in [0.15, 0.2) is 15.4 Å². The topological polar surface area (TPSA) is 80.6 Å². The fraction of sp³-hybridized carbons (Fsp3) is 0.667. The Morgan fingerprint density at radius 2 is 2.11 bits per heavy atom. The Morgan fingerprint density at radius 3 is 2.68 bits per heavy atom. The molecule has 0 atom stereocenters. The van der Waals surface area contributed by atoms with Crippen molar-refractivity contribution >= 4 is 10.0 Å². The van der Waals surface area contributed by atoms with Gasteiger partial charge in [-0.15, -0.1) is 0 Å². The van der Waals surface area contributed by atoms with Crippen LogP contribution in [0.3, 0.4) is 0 Å². The molecule has 0 radical (unpaired) electrons. The molecule has 0 aliphatic heterocycles. The second-order valence-electron chi connectivity index (χ2n) is 4.48. The van der Waals surface area contributed by atoms with Crippen LogP contribution >= 0.6 is 0 Å². The summed E-state index contributed by atoms with van der Waals surface area (Å²) in [4.78, 5) is 0.183. The summed E-state index contributed by atoms with van der Waals surface area (Å²) in [6.07, 6.45) is 0.0856. The van der Waals surface area contributed by atoms with E-state index in [0.29, 0.717) is 24.7 Å². The molecule has 110 valence electrons. The number of sulfonamides is 1. The molecular formula is C12H22N2O4S. The van der Waals surface area contributed by atoms with Crippen LogP contribution in [-0.2, 0) is 21.3 Å². The summed E-state index contributed by atoms with van der Waals surface area (Å²) in [5, 5.41) is 2.91. The molecule has 0 bridgehead atoms. The summed E-state index contributed by atoms with van der Waals surface area (Å²) in [5.74, 6) is 0.987. The standard InChI is InChI=1S/C12H22N2O4S/c1-9(2)17-6-5-14-19(15,16)12-7-11(8-13-4)18-10(12)3/h7,9,13-14H,5-6,8H2,1-4H3. The molecule has 0 aromatic carbocycles. The molecule has 0 fully saturated rings. The highest BCUT2D eigenvalue weighted by atomic mass is 32.2. The first-order valence-electron chi connectivity index (χ1n) is 6.22. The smallest absolute Gasteiger partial charge is 0.244 e. The number of hydrogen-bond donors (Lipinski definition) is 2. The third-order valence-electron chi connectivity index (χ3n) is 2.41. The summed E-state index contributed by atoms with van der Waals surface area (Å²) in [7, 11) is -1.77. The van der Waals surface area contributed by atoms with Crippen LogP contribution in [0.4, 0.5) is 0 Å². The normalized spacial score (nSPS) is 12.3. The van der Waals surface area contributed by atoms with Crippen LogP contribution in [-0.4, -0.2) is 34.7 Å². The second-order valence-corrected chi connectivity index (χ2v) is 6.22. The van der Waals surface area contributed by atoms with Gasteiger partial charge in [0.25, 0.3) is 0 Å². The first-order chi connectivity index (χ1) is 8.86. The van der Waals surface area contributed by atoms with Gasteiger partial charge in [-0.3, -0.25) is 0 Å². The molecule has 1 aromatic rings. The lowest BCUT2D eigenvalue weighted by molar-refractivity contribution is 0.0834. The second kappa shape index (κ2) is 7.04. The van der Waals surface area contributed by atoms with Crippen molar-refractivity contribution in [1.29, 1.82) is 0 Å². The number of ether oxygens (including phenoxy) is 1. The third kappa shape index (κ3) is 4.94. The molecule has 6 nitrogen and oxygen atoms in total. The number of furan rings is 1. The zero-order chi connectivity index (χ0) is 14.5. The maximum atomic E-state index is 12.1. The minimum Gasteiger partial charge on any atom is -0.464 e. The molecule has 0 aliphatic rings. The van der Waals surface area contributed by atoms with E-state index in [9.17, 15) is 8.42 Å². The Bertz CT molecular complexity index is 494. The Labute approximate surface area is 114 Å². The number of aryl methyl sites for hydroxylation is 1. The minimum atomic E-state index is -3.54. The van der Waals surface area contributed by atoms with E-state index in [1.54, 1.807) is 14.0 Å².